The molecule has 0 aliphatic carbocycles. The van der Waals surface area contributed by atoms with Crippen molar-refractivity contribution in [3.63, 3.8) is 0 Å². The van der Waals surface area contributed by atoms with Crippen molar-refractivity contribution in [2.45, 2.75) is 0 Å². The van der Waals surface area contributed by atoms with Gasteiger partial charge in [-0.15, -0.1) is 0 Å². The Morgan fingerprint density at radius 2 is 1.67 bits per heavy atom. The molecule has 0 bridgehead atoms. The van der Waals surface area contributed by atoms with Gasteiger partial charge in [-0.3, -0.25) is 0 Å². The van der Waals surface area contributed by atoms with Gasteiger partial charge in [0.2, 0.25) is 0 Å². The van der Waals surface area contributed by atoms with E-state index in [1.807, 2.05) is 0 Å². The molecule has 0 rings (SSSR count). The Balaban J connectivity index is -0.0000000800. The van der Waals surface area contributed by atoms with E-state index in [-0.39, 0.29) is 6.90 Å². The molecule has 0 aliphatic heterocycles. The van der Waals surface area contributed by atoms with Crippen LogP contribution in [0.3, 0.4) is 0 Å². The Morgan fingerprint density at radius 1 is 1.67 bits per heavy atom. The minimum absolute atomic E-state index is 0. The summed E-state index contributed by atoms with van der Waals surface area (Å²) in [6.45, 7) is 0. The minimum Gasteiger partial charge on any atom is 1.00 e. The Bertz CT molecular complexity index is 57.8. The molecule has 0 aromatic rings. The third kappa shape index (κ3) is 104. The summed E-state index contributed by atoms with van der Waals surface area (Å²) in [5.41, 5.74) is -3.64. The fraction of sp³-hybridized carbons (Fsp3) is 0. The third-order valence-electron chi connectivity index (χ3n) is 0. The monoisotopic (exact) mass is 148 g/mol. The molecule has 0 radical (unpaired) electrons. The summed E-state index contributed by atoms with van der Waals surface area (Å²) < 4.78 is 9.33. The van der Waals surface area contributed by atoms with Crippen LogP contribution in [-0.2, 0) is 24.5 Å². The summed E-state index contributed by atoms with van der Waals surface area (Å²) in [5, 5.41) is 0. The van der Waals surface area contributed by atoms with Crippen LogP contribution in [0.2, 0.25) is 0 Å². The van der Waals surface area contributed by atoms with Crippen LogP contribution in [0.1, 0.15) is 1.43 Å². The Morgan fingerprint density at radius 3 is 1.67 bits per heavy atom. The predicted molar refractivity (Wildman–Crippen MR) is 16.8 cm³/mol. The van der Waals surface area contributed by atoms with Crippen LogP contribution < -0.4 is 0 Å². The first-order valence-corrected chi connectivity index (χ1v) is 4.51. The van der Waals surface area contributed by atoms with E-state index in [0.717, 1.165) is 19.9 Å². The molecule has 0 amide bonds. The van der Waals surface area contributed by atoms with Crippen LogP contribution >= 0.6 is 5.59 Å². The molecule has 0 atom stereocenters. The van der Waals surface area contributed by atoms with E-state index in [1.165, 1.54) is 0 Å². The zero-order valence-electron chi connectivity index (χ0n) is 3.75. The average molecular weight is 148 g/mol. The Labute approximate surface area is 47.3 Å². The second-order valence-corrected chi connectivity index (χ2v) is 4.36. The number of rotatable bonds is 0. The van der Waals surface area contributed by atoms with Gasteiger partial charge < -0.3 is 5.48 Å². The van der Waals surface area contributed by atoms with Crippen LogP contribution in [-0.4, -0.2) is 15.3 Å². The fourth-order valence-corrected chi connectivity index (χ4v) is 0. The first-order chi connectivity index (χ1) is 2.00. The Kier molecular flexibility index (Phi) is 4.83. The van der Waals surface area contributed by atoms with E-state index in [4.69, 9.17) is 9.79 Å². The van der Waals surface area contributed by atoms with Gasteiger partial charge in [0, 0.05) is 0 Å². The van der Waals surface area contributed by atoms with Crippen molar-refractivity contribution in [3.8, 4) is 0 Å². The molecule has 0 saturated heterocycles. The van der Waals surface area contributed by atoms with Gasteiger partial charge in [0.15, 0.2) is 0 Å². The van der Waals surface area contributed by atoms with Gasteiger partial charge in [-0.25, -0.2) is 0 Å². The van der Waals surface area contributed by atoms with E-state index >= 15 is 0 Å². The van der Waals surface area contributed by atoms with E-state index in [1.54, 1.807) is 0 Å². The molecule has 6 heteroatoms. The summed E-state index contributed by atoms with van der Waals surface area (Å²) in [6.07, 6.45) is 0. The van der Waals surface area contributed by atoms with Crippen LogP contribution in [0.5, 0.6) is 0 Å². The molecule has 0 heterocycles. The summed E-state index contributed by atoms with van der Waals surface area (Å²) >= 11 is 0.854. The van der Waals surface area contributed by atoms with Crippen molar-refractivity contribution in [2.24, 2.45) is 0 Å². The molecule has 0 aliphatic rings. The first kappa shape index (κ1) is 9.95. The van der Waals surface area contributed by atoms with Crippen molar-refractivity contribution >= 4 is 5.59 Å². The fourth-order valence-electron chi connectivity index (χ4n) is 0. The third-order valence-corrected chi connectivity index (χ3v) is 0. The van der Waals surface area contributed by atoms with Crippen LogP contribution in [0, 0.1) is 0 Å². The molecule has 0 aromatic heterocycles. The van der Waals surface area contributed by atoms with Gasteiger partial charge in [0.05, 0.1) is 0 Å². The molecule has 0 fully saturated rings. The van der Waals surface area contributed by atoms with Gasteiger partial charge in [0.1, 0.15) is 0 Å². The normalized spacial score (nSPS) is 9.50. The summed E-state index contributed by atoms with van der Waals surface area (Å²) in [5.74, 6) is 0. The minimum atomic E-state index is -3.64. The molecule has 4 nitrogen and oxygen atoms in total. The molecule has 4 N–H and O–H groups in total. The van der Waals surface area contributed by atoms with Crippen molar-refractivity contribution in [1.82, 2.24) is 0 Å². The standard InChI is InChI=1S/HO3P.H2O.Ti/c1-4(2)3;;/h(H-,1,2,3);1H2;/q;;-1/p+2. The van der Waals surface area contributed by atoms with E-state index in [0.29, 0.717) is 0 Å². The molecule has 0 spiro atoms. The summed E-state index contributed by atoms with van der Waals surface area (Å²) in [7, 11) is 0. The zero-order chi connectivity index (χ0) is 4.50. The van der Waals surface area contributed by atoms with Crippen molar-refractivity contribution in [2.75, 3.05) is 0 Å². The second kappa shape index (κ2) is 2.91. The van der Waals surface area contributed by atoms with E-state index < -0.39 is 5.59 Å². The zero-order valence-corrected chi connectivity index (χ0v) is 5.21. The molecule has 6 heavy (non-hydrogen) atoms. The molecule has 37 valence electrons. The maximum absolute atomic E-state index is 9.33. The van der Waals surface area contributed by atoms with Crippen LogP contribution in [0.15, 0.2) is 0 Å². The van der Waals surface area contributed by atoms with Crippen LogP contribution in [0.4, 0.5) is 0 Å². The number of hydrogen-bond acceptors (Lipinski definition) is 1. The van der Waals surface area contributed by atoms with Gasteiger partial charge in [-0.05, 0) is 0 Å². The molecule has 0 unspecified atom stereocenters. The van der Waals surface area contributed by atoms with Gasteiger partial charge >= 0.3 is 41.3 Å². The quantitative estimate of drug-likeness (QED) is 0.338. The molecule has 0 saturated carbocycles. The molecular weight excluding hydrogens is 143 g/mol. The summed E-state index contributed by atoms with van der Waals surface area (Å²) in [4.78, 5) is 15.3. The predicted octanol–water partition coefficient (Wildman–Crippen LogP) is -1.09. The average Bonchev–Trinajstić information content (AvgIpc) is 0.722. The smallest absolute Gasteiger partial charge is 1.00 e. The van der Waals surface area contributed by atoms with Gasteiger partial charge in [-0.1, -0.05) is 0 Å². The Hall–Kier alpha value is 0.824. The van der Waals surface area contributed by atoms with E-state index in [2.05, 4.69) is 0 Å². The van der Waals surface area contributed by atoms with Crippen molar-refractivity contribution in [3.05, 3.63) is 0 Å². The van der Waals surface area contributed by atoms with Gasteiger partial charge in [0.25, 0.3) is 0 Å². The maximum atomic E-state index is 9.33. The second-order valence-electron chi connectivity index (χ2n) is 0.544. The van der Waals surface area contributed by atoms with Crippen molar-refractivity contribution < 1.29 is 41.2 Å². The van der Waals surface area contributed by atoms with Crippen molar-refractivity contribution in [1.29, 1.82) is 0 Å². The van der Waals surface area contributed by atoms with Crippen LogP contribution in [0.25, 0.3) is 0 Å². The topological polar surface area (TPSA) is 89.0 Å². The maximum Gasteiger partial charge on any atom is 1.00 e. The molecular formula is H5O4PTi+. The van der Waals surface area contributed by atoms with E-state index in [9.17, 15) is 4.57 Å². The summed E-state index contributed by atoms with van der Waals surface area (Å²) in [6, 6.07) is 0. The largest absolute Gasteiger partial charge is 1.00 e. The SMILES string of the molecule is O.O=[P](O)(O)[Ti].[H+]. The first-order valence-electron chi connectivity index (χ1n) is 0.806. The number of hydrogen-bond donors (Lipinski definition) is 2. The molecule has 0 aromatic carbocycles. The van der Waals surface area contributed by atoms with Gasteiger partial charge in [-0.2, -0.15) is 0 Å².